The van der Waals surface area contributed by atoms with Crippen LogP contribution in [0.1, 0.15) is 23.9 Å². The van der Waals surface area contributed by atoms with Gasteiger partial charge in [-0.15, -0.1) is 0 Å². The highest BCUT2D eigenvalue weighted by atomic mass is 16.5. The monoisotopic (exact) mass is 221 g/mol. The quantitative estimate of drug-likeness (QED) is 0.605. The molecule has 0 unspecified atom stereocenters. The molecule has 4 heteroatoms. The summed E-state index contributed by atoms with van der Waals surface area (Å²) in [4.78, 5) is 0. The highest BCUT2D eigenvalue weighted by Crippen LogP contribution is 2.23. The predicted octanol–water partition coefficient (Wildman–Crippen LogP) is 2.51. The van der Waals surface area contributed by atoms with Crippen LogP contribution in [0.15, 0.2) is 35.1 Å². The lowest BCUT2D eigenvalue weighted by Gasteiger charge is -1.99. The first-order valence-corrected chi connectivity index (χ1v) is 4.88. The maximum absolute atomic E-state index is 9.19. The van der Waals surface area contributed by atoms with Crippen LogP contribution in [0.4, 0.5) is 0 Å². The number of aromatic nitrogens is 1. The summed E-state index contributed by atoms with van der Waals surface area (Å²) in [5, 5.41) is 22.0. The van der Waals surface area contributed by atoms with Crippen molar-refractivity contribution in [2.24, 2.45) is 0 Å². The van der Waals surface area contributed by atoms with Gasteiger partial charge in [-0.3, -0.25) is 0 Å². The van der Waals surface area contributed by atoms with Gasteiger partial charge in [-0.05, 0) is 26.0 Å². The summed E-state index contributed by atoms with van der Waals surface area (Å²) < 4.78 is 5.13. The molecule has 1 aromatic rings. The van der Waals surface area contributed by atoms with E-state index < -0.39 is 0 Å². The molecule has 0 fully saturated rings. The molecule has 0 aliphatic rings. The number of hydrogen-bond acceptors (Lipinski definition) is 4. The highest BCUT2D eigenvalue weighted by molar-refractivity contribution is 5.73. The average molecular weight is 221 g/mol. The van der Waals surface area contributed by atoms with Crippen molar-refractivity contribution in [3.8, 4) is 0 Å². The topological polar surface area (TPSA) is 66.5 Å². The molecular weight excluding hydrogens is 206 g/mol. The van der Waals surface area contributed by atoms with Gasteiger partial charge in [0.1, 0.15) is 5.76 Å². The normalized spacial score (nSPS) is 12.3. The lowest BCUT2D eigenvalue weighted by molar-refractivity contribution is 0.279. The molecule has 0 aromatic carbocycles. The third kappa shape index (κ3) is 2.61. The van der Waals surface area contributed by atoms with E-state index in [1.807, 2.05) is 6.92 Å². The molecule has 16 heavy (non-hydrogen) atoms. The lowest BCUT2D eigenvalue weighted by Crippen LogP contribution is -1.89. The van der Waals surface area contributed by atoms with Crippen LogP contribution in [0.25, 0.3) is 5.57 Å². The van der Waals surface area contributed by atoms with Crippen molar-refractivity contribution in [1.29, 1.82) is 0 Å². The first-order valence-electron chi connectivity index (χ1n) is 4.88. The van der Waals surface area contributed by atoms with Gasteiger partial charge >= 0.3 is 0 Å². The largest absolute Gasteiger partial charge is 0.509 e. The second kappa shape index (κ2) is 5.32. The van der Waals surface area contributed by atoms with E-state index in [0.717, 1.165) is 5.57 Å². The van der Waals surface area contributed by atoms with E-state index in [1.165, 1.54) is 6.08 Å². The Balaban J connectivity index is 3.10. The Kier molecular flexibility index (Phi) is 4.08. The highest BCUT2D eigenvalue weighted by Gasteiger charge is 2.13. The fourth-order valence-electron chi connectivity index (χ4n) is 1.29. The molecule has 0 saturated carbocycles. The van der Waals surface area contributed by atoms with E-state index in [2.05, 4.69) is 11.7 Å². The van der Waals surface area contributed by atoms with Crippen molar-refractivity contribution >= 4 is 5.57 Å². The molecule has 0 spiro atoms. The summed E-state index contributed by atoms with van der Waals surface area (Å²) in [6.07, 6.45) is 4.91. The molecule has 4 nitrogen and oxygen atoms in total. The van der Waals surface area contributed by atoms with Gasteiger partial charge in [0.25, 0.3) is 0 Å². The SMILES string of the molecule is C=C(O)/C=C\C(=C/C)c1onc(C)c1CO. The molecule has 1 heterocycles. The van der Waals surface area contributed by atoms with Gasteiger partial charge in [0.15, 0.2) is 5.76 Å². The number of rotatable bonds is 4. The molecule has 2 N–H and O–H groups in total. The Morgan fingerprint density at radius 3 is 2.69 bits per heavy atom. The minimum absolute atomic E-state index is 0.0406. The van der Waals surface area contributed by atoms with Crippen molar-refractivity contribution in [1.82, 2.24) is 5.16 Å². The lowest BCUT2D eigenvalue weighted by atomic mass is 10.1. The van der Waals surface area contributed by atoms with Gasteiger partial charge in [-0.25, -0.2) is 0 Å². The number of hydrogen-bond donors (Lipinski definition) is 2. The van der Waals surface area contributed by atoms with E-state index in [1.54, 1.807) is 19.1 Å². The minimum Gasteiger partial charge on any atom is -0.509 e. The molecule has 1 aromatic heterocycles. The number of aliphatic hydroxyl groups is 2. The van der Waals surface area contributed by atoms with Crippen LogP contribution < -0.4 is 0 Å². The van der Waals surface area contributed by atoms with Gasteiger partial charge in [-0.1, -0.05) is 17.8 Å². The van der Waals surface area contributed by atoms with E-state index in [4.69, 9.17) is 9.63 Å². The summed E-state index contributed by atoms with van der Waals surface area (Å²) in [6, 6.07) is 0. The molecule has 0 amide bonds. The fraction of sp³-hybridized carbons (Fsp3) is 0.250. The van der Waals surface area contributed by atoms with Gasteiger partial charge in [0.05, 0.1) is 12.3 Å². The molecule has 0 radical (unpaired) electrons. The van der Waals surface area contributed by atoms with Crippen molar-refractivity contribution in [2.45, 2.75) is 20.5 Å². The van der Waals surface area contributed by atoms with Crippen LogP contribution in [0.3, 0.4) is 0 Å². The summed E-state index contributed by atoms with van der Waals surface area (Å²) in [5.41, 5.74) is 2.05. The second-order valence-electron chi connectivity index (χ2n) is 3.30. The molecule has 0 atom stereocenters. The van der Waals surface area contributed by atoms with Crippen molar-refractivity contribution < 1.29 is 14.7 Å². The molecule has 0 saturated heterocycles. The summed E-state index contributed by atoms with van der Waals surface area (Å²) in [7, 11) is 0. The Hall–Kier alpha value is -1.81. The smallest absolute Gasteiger partial charge is 0.172 e. The van der Waals surface area contributed by atoms with E-state index in [-0.39, 0.29) is 12.4 Å². The number of aliphatic hydroxyl groups excluding tert-OH is 2. The maximum Gasteiger partial charge on any atom is 0.172 e. The van der Waals surface area contributed by atoms with Gasteiger partial charge in [0.2, 0.25) is 0 Å². The third-order valence-electron chi connectivity index (χ3n) is 2.17. The Bertz CT molecular complexity index is 441. The van der Waals surface area contributed by atoms with Crippen molar-refractivity contribution in [3.05, 3.63) is 47.6 Å². The standard InChI is InChI=1S/C12H15NO3/c1-4-10(6-5-8(2)15)12-11(7-14)9(3)13-16-12/h4-6,14-15H,2,7H2,1,3H3/b6-5-,10-4+. The van der Waals surface area contributed by atoms with E-state index in [0.29, 0.717) is 17.0 Å². The van der Waals surface area contributed by atoms with Crippen molar-refractivity contribution in [2.75, 3.05) is 0 Å². The zero-order chi connectivity index (χ0) is 12.1. The first kappa shape index (κ1) is 12.3. The van der Waals surface area contributed by atoms with Gasteiger partial charge in [0, 0.05) is 11.1 Å². The molecule has 0 aliphatic heterocycles. The molecular formula is C12H15NO3. The average Bonchev–Trinajstić information content (AvgIpc) is 2.60. The summed E-state index contributed by atoms with van der Waals surface area (Å²) in [5.74, 6) is 0.473. The molecule has 0 aliphatic carbocycles. The Labute approximate surface area is 94.2 Å². The van der Waals surface area contributed by atoms with Crippen LogP contribution in [0.2, 0.25) is 0 Å². The van der Waals surface area contributed by atoms with Gasteiger partial charge < -0.3 is 14.7 Å². The number of aryl methyl sites for hydroxylation is 1. The first-order chi connectivity index (χ1) is 7.60. The number of nitrogens with zero attached hydrogens (tertiary/aromatic N) is 1. The number of allylic oxidation sites excluding steroid dienone is 4. The molecule has 1 rings (SSSR count). The fourth-order valence-corrected chi connectivity index (χ4v) is 1.29. The second-order valence-corrected chi connectivity index (χ2v) is 3.30. The van der Waals surface area contributed by atoms with E-state index in [9.17, 15) is 5.11 Å². The zero-order valence-corrected chi connectivity index (χ0v) is 9.40. The minimum atomic E-state index is -0.129. The zero-order valence-electron chi connectivity index (χ0n) is 9.40. The Morgan fingerprint density at radius 2 is 2.19 bits per heavy atom. The van der Waals surface area contributed by atoms with Crippen molar-refractivity contribution in [3.63, 3.8) is 0 Å². The van der Waals surface area contributed by atoms with Crippen LogP contribution in [0.5, 0.6) is 0 Å². The van der Waals surface area contributed by atoms with Crippen LogP contribution in [0, 0.1) is 6.92 Å². The third-order valence-corrected chi connectivity index (χ3v) is 2.17. The summed E-state index contributed by atoms with van der Waals surface area (Å²) in [6.45, 7) is 6.82. The maximum atomic E-state index is 9.19. The molecule has 86 valence electrons. The summed E-state index contributed by atoms with van der Waals surface area (Å²) >= 11 is 0. The van der Waals surface area contributed by atoms with Crippen LogP contribution in [-0.2, 0) is 6.61 Å². The van der Waals surface area contributed by atoms with Gasteiger partial charge in [-0.2, -0.15) is 0 Å². The Morgan fingerprint density at radius 1 is 1.50 bits per heavy atom. The predicted molar refractivity (Wildman–Crippen MR) is 61.7 cm³/mol. The van der Waals surface area contributed by atoms with E-state index >= 15 is 0 Å². The van der Waals surface area contributed by atoms with Crippen LogP contribution in [-0.4, -0.2) is 15.4 Å². The van der Waals surface area contributed by atoms with Crippen LogP contribution >= 0.6 is 0 Å². The molecule has 0 bridgehead atoms.